The first-order chi connectivity index (χ1) is 11.3. The summed E-state index contributed by atoms with van der Waals surface area (Å²) in [5, 5.41) is 2.18. The maximum absolute atomic E-state index is 5.53. The Bertz CT molecular complexity index is 569. The molecule has 0 aromatic carbocycles. The lowest BCUT2D eigenvalue weighted by molar-refractivity contribution is 0.00767. The first kappa shape index (κ1) is 16.6. The van der Waals surface area contributed by atoms with Crippen molar-refractivity contribution in [3.05, 3.63) is 52.5 Å². The van der Waals surface area contributed by atoms with E-state index < -0.39 is 0 Å². The molecule has 0 bridgehead atoms. The van der Waals surface area contributed by atoms with Crippen molar-refractivity contribution in [2.75, 3.05) is 39.9 Å². The molecule has 3 rings (SSSR count). The molecule has 2 aromatic rings. The predicted octanol–water partition coefficient (Wildman–Crippen LogP) is 3.21. The molecule has 124 valence electrons. The lowest BCUT2D eigenvalue weighted by Crippen LogP contribution is -2.43. The van der Waals surface area contributed by atoms with Crippen LogP contribution in [-0.4, -0.2) is 54.7 Å². The molecule has 1 fully saturated rings. The van der Waals surface area contributed by atoms with Crippen molar-refractivity contribution < 1.29 is 4.74 Å². The molecule has 0 unspecified atom stereocenters. The average molecular weight is 331 g/mol. The monoisotopic (exact) mass is 331 g/mol. The van der Waals surface area contributed by atoms with Gasteiger partial charge in [0.05, 0.1) is 19.3 Å². The summed E-state index contributed by atoms with van der Waals surface area (Å²) in [6.45, 7) is 6.99. The van der Waals surface area contributed by atoms with Crippen LogP contribution < -0.4 is 0 Å². The quantitative estimate of drug-likeness (QED) is 0.813. The van der Waals surface area contributed by atoms with Gasteiger partial charge < -0.3 is 4.74 Å². The number of rotatable bonds is 6. The smallest absolute Gasteiger partial charge is 0.0594 e. The van der Waals surface area contributed by atoms with Gasteiger partial charge in [-0.3, -0.25) is 14.8 Å². The van der Waals surface area contributed by atoms with Crippen LogP contribution in [0, 0.1) is 0 Å². The van der Waals surface area contributed by atoms with Gasteiger partial charge in [0.25, 0.3) is 0 Å². The van der Waals surface area contributed by atoms with Gasteiger partial charge in [0.1, 0.15) is 0 Å². The Morgan fingerprint density at radius 1 is 1.26 bits per heavy atom. The van der Waals surface area contributed by atoms with Crippen LogP contribution in [0.15, 0.2) is 42.0 Å². The summed E-state index contributed by atoms with van der Waals surface area (Å²) in [6, 6.07) is 9.44. The van der Waals surface area contributed by atoms with Crippen molar-refractivity contribution in [2.24, 2.45) is 0 Å². The van der Waals surface area contributed by atoms with Crippen molar-refractivity contribution in [3.8, 4) is 0 Å². The Balaban J connectivity index is 1.72. The van der Waals surface area contributed by atoms with E-state index in [-0.39, 0.29) is 0 Å². The molecule has 2 atom stereocenters. The second-order valence-corrected chi connectivity index (χ2v) is 7.05. The number of hydrogen-bond donors (Lipinski definition) is 0. The van der Waals surface area contributed by atoms with E-state index in [1.54, 1.807) is 0 Å². The number of thiophene rings is 1. The molecule has 0 amide bonds. The lowest BCUT2D eigenvalue weighted by Gasteiger charge is -2.37. The molecule has 0 N–H and O–H groups in total. The summed E-state index contributed by atoms with van der Waals surface area (Å²) in [7, 11) is 2.21. The first-order valence-corrected chi connectivity index (χ1v) is 9.09. The van der Waals surface area contributed by atoms with Gasteiger partial charge in [0, 0.05) is 42.9 Å². The minimum Gasteiger partial charge on any atom is -0.379 e. The van der Waals surface area contributed by atoms with Crippen molar-refractivity contribution >= 4 is 11.3 Å². The molecule has 0 aliphatic carbocycles. The van der Waals surface area contributed by atoms with Crippen molar-refractivity contribution in [2.45, 2.75) is 19.0 Å². The number of likely N-dealkylation sites (N-methyl/N-ethyl adjacent to an activating group) is 1. The van der Waals surface area contributed by atoms with Crippen molar-refractivity contribution in [1.29, 1.82) is 0 Å². The third kappa shape index (κ3) is 4.18. The van der Waals surface area contributed by atoms with E-state index in [4.69, 9.17) is 4.74 Å². The van der Waals surface area contributed by atoms with Crippen LogP contribution in [0.3, 0.4) is 0 Å². The van der Waals surface area contributed by atoms with Crippen LogP contribution in [0.5, 0.6) is 0 Å². The summed E-state index contributed by atoms with van der Waals surface area (Å²) < 4.78 is 5.53. The predicted molar refractivity (Wildman–Crippen MR) is 94.7 cm³/mol. The van der Waals surface area contributed by atoms with Gasteiger partial charge >= 0.3 is 0 Å². The standard InChI is InChI=1S/C18H25N3OS/c1-15(16-5-7-19-8-6-16)20(2)14-17(18-4-3-13-23-18)21-9-11-22-12-10-21/h3-8,13,15,17H,9-12,14H2,1-2H3/t15-,17-/m0/s1. The molecule has 0 saturated carbocycles. The van der Waals surface area contributed by atoms with E-state index in [0.29, 0.717) is 12.1 Å². The Hall–Kier alpha value is -1.27. The van der Waals surface area contributed by atoms with E-state index in [9.17, 15) is 0 Å². The lowest BCUT2D eigenvalue weighted by atomic mass is 10.1. The summed E-state index contributed by atoms with van der Waals surface area (Å²) in [4.78, 5) is 10.6. The van der Waals surface area contributed by atoms with E-state index >= 15 is 0 Å². The Labute approximate surface area is 142 Å². The topological polar surface area (TPSA) is 28.6 Å². The van der Waals surface area contributed by atoms with Crippen LogP contribution >= 0.6 is 11.3 Å². The van der Waals surface area contributed by atoms with Crippen LogP contribution in [0.1, 0.15) is 29.4 Å². The molecule has 2 aromatic heterocycles. The van der Waals surface area contributed by atoms with Gasteiger partial charge in [-0.05, 0) is 43.1 Å². The fourth-order valence-corrected chi connectivity index (χ4v) is 3.93. The number of hydrogen-bond acceptors (Lipinski definition) is 5. The molecule has 1 aliphatic heterocycles. The fourth-order valence-electron chi connectivity index (χ4n) is 3.08. The van der Waals surface area contributed by atoms with Crippen molar-refractivity contribution in [1.82, 2.24) is 14.8 Å². The third-order valence-corrected chi connectivity index (χ3v) is 5.64. The summed E-state index contributed by atoms with van der Waals surface area (Å²) in [5.74, 6) is 0. The summed E-state index contributed by atoms with van der Waals surface area (Å²) >= 11 is 1.86. The Morgan fingerprint density at radius 2 is 2.00 bits per heavy atom. The zero-order valence-electron chi connectivity index (χ0n) is 13.9. The minimum absolute atomic E-state index is 0.376. The van der Waals surface area contributed by atoms with E-state index in [1.807, 2.05) is 23.7 Å². The van der Waals surface area contributed by atoms with Crippen LogP contribution in [0.4, 0.5) is 0 Å². The Kier molecular flexibility index (Phi) is 5.78. The van der Waals surface area contributed by atoms with E-state index in [0.717, 1.165) is 32.8 Å². The average Bonchev–Trinajstić information content (AvgIpc) is 3.14. The number of aromatic nitrogens is 1. The summed E-state index contributed by atoms with van der Waals surface area (Å²) in [6.07, 6.45) is 3.75. The van der Waals surface area contributed by atoms with Crippen molar-refractivity contribution in [3.63, 3.8) is 0 Å². The molecular weight excluding hydrogens is 306 g/mol. The highest BCUT2D eigenvalue weighted by molar-refractivity contribution is 7.10. The SMILES string of the molecule is C[C@@H](c1ccncc1)N(C)C[C@@H](c1cccs1)N1CCOCC1. The van der Waals surface area contributed by atoms with E-state index in [2.05, 4.69) is 58.4 Å². The second kappa shape index (κ2) is 8.02. The number of ether oxygens (including phenoxy) is 1. The van der Waals surface area contributed by atoms with Crippen LogP contribution in [0.2, 0.25) is 0 Å². The number of nitrogens with zero attached hydrogens (tertiary/aromatic N) is 3. The Morgan fingerprint density at radius 3 is 2.65 bits per heavy atom. The zero-order valence-corrected chi connectivity index (χ0v) is 14.7. The molecule has 5 heteroatoms. The first-order valence-electron chi connectivity index (χ1n) is 8.21. The molecule has 1 aliphatic rings. The van der Waals surface area contributed by atoms with Gasteiger partial charge in [0.2, 0.25) is 0 Å². The molecule has 23 heavy (non-hydrogen) atoms. The number of morpholine rings is 1. The number of pyridine rings is 1. The zero-order chi connectivity index (χ0) is 16.1. The highest BCUT2D eigenvalue weighted by Gasteiger charge is 2.26. The van der Waals surface area contributed by atoms with Crippen LogP contribution in [-0.2, 0) is 4.74 Å². The van der Waals surface area contributed by atoms with E-state index in [1.165, 1.54) is 10.4 Å². The largest absolute Gasteiger partial charge is 0.379 e. The fraction of sp³-hybridized carbons (Fsp3) is 0.500. The third-order valence-electron chi connectivity index (χ3n) is 4.67. The molecular formula is C18H25N3OS. The van der Waals surface area contributed by atoms with Gasteiger partial charge in [-0.25, -0.2) is 0 Å². The highest BCUT2D eigenvalue weighted by Crippen LogP contribution is 2.29. The van der Waals surface area contributed by atoms with Crippen LogP contribution in [0.25, 0.3) is 0 Å². The van der Waals surface area contributed by atoms with Gasteiger partial charge in [-0.15, -0.1) is 11.3 Å². The highest BCUT2D eigenvalue weighted by atomic mass is 32.1. The maximum atomic E-state index is 5.53. The van der Waals surface area contributed by atoms with Gasteiger partial charge in [-0.2, -0.15) is 0 Å². The molecule has 3 heterocycles. The summed E-state index contributed by atoms with van der Waals surface area (Å²) in [5.41, 5.74) is 1.31. The molecule has 0 radical (unpaired) electrons. The molecule has 0 spiro atoms. The maximum Gasteiger partial charge on any atom is 0.0594 e. The van der Waals surface area contributed by atoms with Gasteiger partial charge in [-0.1, -0.05) is 6.07 Å². The minimum atomic E-state index is 0.376. The normalized spacial score (nSPS) is 18.9. The molecule has 1 saturated heterocycles. The second-order valence-electron chi connectivity index (χ2n) is 6.08. The van der Waals surface area contributed by atoms with Gasteiger partial charge in [0.15, 0.2) is 0 Å². The molecule has 4 nitrogen and oxygen atoms in total.